The lowest BCUT2D eigenvalue weighted by molar-refractivity contribution is -0.137. The molecule has 4 nitrogen and oxygen atoms in total. The molecule has 80 heavy (non-hydrogen) atoms. The van der Waals surface area contributed by atoms with E-state index in [9.17, 15) is 32.3 Å². The van der Waals surface area contributed by atoms with Crippen LogP contribution < -0.4 is 0 Å². The number of carbonyl (C=O) groups excluding carboxylic acids is 4. The summed E-state index contributed by atoms with van der Waals surface area (Å²) in [6.45, 7) is 2.07. The smallest absolute Gasteiger partial charge is 0.294 e. The van der Waals surface area contributed by atoms with E-state index < -0.39 is 23.4 Å². The fraction of sp³-hybridized carbons (Fsp3) is 0.0938. The maximum Gasteiger partial charge on any atom is 0.416 e. The number of hydrogen-bond acceptors (Lipinski definition) is 11. The average molecular weight is 1190 g/mol. The molecule has 14 rings (SSSR count). The van der Waals surface area contributed by atoms with Crippen molar-refractivity contribution in [2.45, 2.75) is 38.8 Å². The van der Waals surface area contributed by atoms with E-state index in [2.05, 4.69) is 49.4 Å². The fourth-order valence-corrected chi connectivity index (χ4v) is 18.5. The highest BCUT2D eigenvalue weighted by Crippen LogP contribution is 2.53. The Morgan fingerprint density at radius 1 is 0.325 bits per heavy atom. The summed E-state index contributed by atoms with van der Waals surface area (Å²) in [6.07, 6.45) is -4.04. The van der Waals surface area contributed by atoms with Gasteiger partial charge in [-0.2, -0.15) is 13.2 Å². The summed E-state index contributed by atoms with van der Waals surface area (Å²) < 4.78 is 71.8. The number of halogens is 5. The minimum Gasteiger partial charge on any atom is -0.294 e. The van der Waals surface area contributed by atoms with Gasteiger partial charge in [-0.05, 0) is 150 Å². The van der Waals surface area contributed by atoms with E-state index in [4.69, 9.17) is 0 Å². The van der Waals surface area contributed by atoms with Gasteiger partial charge >= 0.3 is 6.18 Å². The Kier molecular flexibility index (Phi) is 12.5. The lowest BCUT2D eigenvalue weighted by Gasteiger charge is -2.06. The standard InChI is InChI=1S/C64H35F5O4S7/c1-30-2-4-31(5-3-30)47-11-18-54(75-47)55-21-15-51(78-55)37-28-44(72)63-39(29-45(73)62(37)63)53-17-23-59(80-53)57-20-14-49(77-57)35-25-40(65)34(24-41(35)66)48-13-19-56(76-48)58-22-16-52(79-58)38-27-43(71)60-36(26-42(70)61(38)60)50-12-10-46(74-50)32-6-8-33(9-7-32)64(67,68)69/h2-25H,26-29H2,1H3. The van der Waals surface area contributed by atoms with Gasteiger partial charge in [-0.1, -0.05) is 42.0 Å². The number of aryl methyl sites for hydroxylation is 1. The fourth-order valence-electron chi connectivity index (χ4n) is 10.9. The van der Waals surface area contributed by atoms with Gasteiger partial charge in [0.1, 0.15) is 11.6 Å². The van der Waals surface area contributed by atoms with Crippen molar-refractivity contribution < 1.29 is 41.1 Å². The van der Waals surface area contributed by atoms with Gasteiger partial charge in [0.15, 0.2) is 23.1 Å². The van der Waals surface area contributed by atoms with Crippen molar-refractivity contribution in [3.8, 4) is 71.0 Å². The van der Waals surface area contributed by atoms with Crippen LogP contribution in [0.2, 0.25) is 0 Å². The summed E-state index contributed by atoms with van der Waals surface area (Å²) in [5.74, 6) is -1.60. The second kappa shape index (κ2) is 19.5. The van der Waals surface area contributed by atoms with Gasteiger partial charge in [0.2, 0.25) is 0 Å². The number of benzene rings is 3. The van der Waals surface area contributed by atoms with E-state index in [1.54, 1.807) is 46.9 Å². The molecule has 4 aliphatic carbocycles. The Hall–Kier alpha value is -7.15. The predicted octanol–water partition coefficient (Wildman–Crippen LogP) is 19.7. The van der Waals surface area contributed by atoms with E-state index in [0.29, 0.717) is 48.8 Å². The van der Waals surface area contributed by atoms with Crippen molar-refractivity contribution in [2.24, 2.45) is 0 Å². The first-order valence-electron chi connectivity index (χ1n) is 25.1. The quantitative estimate of drug-likeness (QED) is 0.121. The van der Waals surface area contributed by atoms with Crippen molar-refractivity contribution in [3.63, 3.8) is 0 Å². The monoisotopic (exact) mass is 1190 g/mol. The van der Waals surface area contributed by atoms with Gasteiger partial charge in [-0.25, -0.2) is 8.78 Å². The van der Waals surface area contributed by atoms with Crippen molar-refractivity contribution >= 4 is 125 Å². The second-order valence-corrected chi connectivity index (χ2v) is 27.3. The number of Topliss-reactive ketones (excluding diaryl/α,β-unsaturated/α-hetero) is 4. The van der Waals surface area contributed by atoms with Crippen LogP contribution in [-0.4, -0.2) is 23.1 Å². The van der Waals surface area contributed by atoms with Gasteiger partial charge < -0.3 is 0 Å². The molecule has 0 unspecified atom stereocenters. The highest BCUT2D eigenvalue weighted by Gasteiger charge is 2.43. The molecule has 0 bridgehead atoms. The minimum atomic E-state index is -4.45. The summed E-state index contributed by atoms with van der Waals surface area (Å²) in [5, 5.41) is 0. The molecule has 0 saturated carbocycles. The minimum absolute atomic E-state index is 0.0448. The van der Waals surface area contributed by atoms with Crippen molar-refractivity contribution in [2.75, 3.05) is 0 Å². The summed E-state index contributed by atoms with van der Waals surface area (Å²) in [6, 6.07) is 42.7. The molecule has 0 atom stereocenters. The number of carbonyl (C=O) groups is 4. The van der Waals surface area contributed by atoms with Gasteiger partial charge in [-0.3, -0.25) is 19.2 Å². The van der Waals surface area contributed by atoms with Crippen LogP contribution in [0.25, 0.3) is 93.3 Å². The van der Waals surface area contributed by atoms with Gasteiger partial charge in [0.05, 0.1) is 5.56 Å². The number of rotatable bonds is 11. The van der Waals surface area contributed by atoms with Crippen molar-refractivity contribution in [1.29, 1.82) is 0 Å². The van der Waals surface area contributed by atoms with Crippen LogP contribution in [-0.2, 0) is 25.4 Å². The molecule has 7 heterocycles. The highest BCUT2D eigenvalue weighted by molar-refractivity contribution is 7.25. The molecule has 3 aromatic carbocycles. The van der Waals surface area contributed by atoms with E-state index in [0.717, 1.165) is 82.5 Å². The zero-order valence-electron chi connectivity index (χ0n) is 41.6. The first-order chi connectivity index (χ1) is 38.6. The molecular weight excluding hydrogens is 1150 g/mol. The molecule has 0 fully saturated rings. The summed E-state index contributed by atoms with van der Waals surface area (Å²) in [5.41, 5.74) is 7.13. The Labute approximate surface area is 482 Å². The van der Waals surface area contributed by atoms with E-state index in [1.165, 1.54) is 91.4 Å². The summed E-state index contributed by atoms with van der Waals surface area (Å²) in [7, 11) is 0. The van der Waals surface area contributed by atoms with Crippen molar-refractivity contribution in [1.82, 2.24) is 0 Å². The van der Waals surface area contributed by atoms with Crippen LogP contribution >= 0.6 is 79.4 Å². The molecule has 0 radical (unpaired) electrons. The molecule has 4 aliphatic rings. The van der Waals surface area contributed by atoms with Gasteiger partial charge in [0, 0.05) is 127 Å². The van der Waals surface area contributed by atoms with Crippen LogP contribution in [0, 0.1) is 18.6 Å². The Bertz CT molecular complexity index is 4450. The molecular formula is C64H35F5O4S7. The Morgan fingerprint density at radius 3 is 0.900 bits per heavy atom. The van der Waals surface area contributed by atoms with Crippen LogP contribution in [0.3, 0.4) is 0 Å². The van der Waals surface area contributed by atoms with Crippen LogP contribution in [0.5, 0.6) is 0 Å². The van der Waals surface area contributed by atoms with E-state index in [-0.39, 0.29) is 59.9 Å². The third-order valence-corrected chi connectivity index (χ3v) is 23.3. The summed E-state index contributed by atoms with van der Waals surface area (Å²) >= 11 is 10.2. The zero-order chi connectivity index (χ0) is 54.9. The number of fused-ring (bicyclic) bond motifs is 2. The molecule has 16 heteroatoms. The van der Waals surface area contributed by atoms with E-state index in [1.807, 2.05) is 42.5 Å². The maximum atomic E-state index is 16.2. The maximum absolute atomic E-state index is 16.2. The lowest BCUT2D eigenvalue weighted by atomic mass is 10.1. The normalized spacial score (nSPS) is 15.6. The molecule has 0 spiro atoms. The number of alkyl halides is 3. The van der Waals surface area contributed by atoms with E-state index >= 15 is 8.78 Å². The average Bonchev–Trinajstić information content (AvgIpc) is 4.44. The van der Waals surface area contributed by atoms with Crippen LogP contribution in [0.15, 0.2) is 168 Å². The number of allylic oxidation sites excluding steroid dienone is 8. The third kappa shape index (κ3) is 8.83. The summed E-state index contributed by atoms with van der Waals surface area (Å²) in [4.78, 5) is 66.5. The molecule has 392 valence electrons. The van der Waals surface area contributed by atoms with Gasteiger partial charge in [-0.15, -0.1) is 79.4 Å². The van der Waals surface area contributed by atoms with Crippen molar-refractivity contribution in [3.05, 3.63) is 210 Å². The first-order valence-corrected chi connectivity index (χ1v) is 30.8. The third-order valence-electron chi connectivity index (χ3n) is 14.8. The molecule has 0 aliphatic heterocycles. The molecule has 0 amide bonds. The largest absolute Gasteiger partial charge is 0.416 e. The second-order valence-electron chi connectivity index (χ2n) is 19.7. The van der Waals surface area contributed by atoms with Gasteiger partial charge in [0.25, 0.3) is 0 Å². The predicted molar refractivity (Wildman–Crippen MR) is 318 cm³/mol. The zero-order valence-corrected chi connectivity index (χ0v) is 47.3. The SMILES string of the molecule is Cc1ccc(-c2ccc(-c3ccc(C4=C5C(=O)CC(c6ccc(-c7ccc(-c8cc(F)c(-c9ccc(-c%10ccc(C%11=C%12C(=O)CC(c%13ccc(-c%14ccc(C(F)(F)F)cc%14)s%13)=C%12C(=O)C%11)s%10)s9)cc8F)s7)s6)=C5C(=O)C4)s3)s2)cc1. The molecule has 0 N–H and O–H groups in total. The Balaban J connectivity index is 0.674. The first kappa shape index (κ1) is 51.0. The number of hydrogen-bond donors (Lipinski definition) is 0. The number of ketones is 4. The lowest BCUT2D eigenvalue weighted by Crippen LogP contribution is -2.03. The topological polar surface area (TPSA) is 68.3 Å². The molecule has 7 aromatic heterocycles. The van der Waals surface area contributed by atoms with Crippen LogP contribution in [0.4, 0.5) is 22.0 Å². The Morgan fingerprint density at radius 2 is 0.575 bits per heavy atom. The molecule has 0 saturated heterocycles. The highest BCUT2D eigenvalue weighted by atomic mass is 32.1. The molecule has 10 aromatic rings. The van der Waals surface area contributed by atoms with Crippen LogP contribution in [0.1, 0.15) is 56.3 Å². The number of thiophene rings is 7.